The van der Waals surface area contributed by atoms with Crippen molar-refractivity contribution in [3.8, 4) is 0 Å². The summed E-state index contributed by atoms with van der Waals surface area (Å²) in [5.74, 6) is -1.67. The van der Waals surface area contributed by atoms with Gasteiger partial charge in [-0.2, -0.15) is 0 Å². The second kappa shape index (κ2) is 4.62. The topological polar surface area (TPSA) is 57.6 Å². The van der Waals surface area contributed by atoms with Gasteiger partial charge in [0.2, 0.25) is 0 Å². The molecule has 0 atom stereocenters. The highest BCUT2D eigenvalue weighted by molar-refractivity contribution is 6.24. The van der Waals surface area contributed by atoms with E-state index in [-0.39, 0.29) is 0 Å². The smallest absolute Gasteiger partial charge is 0.324 e. The maximum atomic E-state index is 11.4. The Balaban J connectivity index is 2.71. The summed E-state index contributed by atoms with van der Waals surface area (Å²) in [4.78, 5) is 21.7. The van der Waals surface area contributed by atoms with E-state index in [1.807, 2.05) is 0 Å². The zero-order valence-electron chi connectivity index (χ0n) is 7.18. The van der Waals surface area contributed by atoms with Gasteiger partial charge in [0.1, 0.15) is 6.54 Å². The molecular formula is C9H8ClNO3. The van der Waals surface area contributed by atoms with Crippen molar-refractivity contribution in [2.24, 2.45) is 0 Å². The molecular weight excluding hydrogens is 206 g/mol. The van der Waals surface area contributed by atoms with E-state index in [1.165, 1.54) is 0 Å². The second-order valence-corrected chi connectivity index (χ2v) is 2.99. The van der Waals surface area contributed by atoms with Crippen LogP contribution in [0.5, 0.6) is 0 Å². The van der Waals surface area contributed by atoms with Crippen molar-refractivity contribution in [2.75, 3.05) is 6.54 Å². The third kappa shape index (κ3) is 2.74. The van der Waals surface area contributed by atoms with Crippen LogP contribution in [0.25, 0.3) is 0 Å². The molecule has 0 aliphatic carbocycles. The maximum absolute atomic E-state index is 11.4. The van der Waals surface area contributed by atoms with E-state index < -0.39 is 18.4 Å². The first-order chi connectivity index (χ1) is 6.61. The lowest BCUT2D eigenvalue weighted by Gasteiger charge is -2.10. The van der Waals surface area contributed by atoms with Crippen molar-refractivity contribution in [1.29, 1.82) is 0 Å². The van der Waals surface area contributed by atoms with Crippen molar-refractivity contribution in [3.05, 3.63) is 35.9 Å². The summed E-state index contributed by atoms with van der Waals surface area (Å²) in [7, 11) is 0. The molecule has 0 unspecified atom stereocenters. The Morgan fingerprint density at radius 3 is 2.36 bits per heavy atom. The Morgan fingerprint density at radius 2 is 1.86 bits per heavy atom. The molecule has 1 N–H and O–H groups in total. The monoisotopic (exact) mass is 213 g/mol. The minimum atomic E-state index is -1.15. The van der Waals surface area contributed by atoms with Crippen molar-refractivity contribution in [2.45, 2.75) is 0 Å². The first-order valence-electron chi connectivity index (χ1n) is 3.85. The minimum absolute atomic E-state index is 0.365. The molecule has 0 aromatic heterocycles. The number of hydrogen-bond donors (Lipinski definition) is 1. The van der Waals surface area contributed by atoms with E-state index in [4.69, 9.17) is 16.9 Å². The lowest BCUT2D eigenvalue weighted by molar-refractivity contribution is -0.136. The first-order valence-corrected chi connectivity index (χ1v) is 4.19. The van der Waals surface area contributed by atoms with Crippen LogP contribution in [-0.2, 0) is 4.79 Å². The van der Waals surface area contributed by atoms with Crippen molar-refractivity contribution < 1.29 is 14.7 Å². The molecule has 4 nitrogen and oxygen atoms in total. The zero-order chi connectivity index (χ0) is 10.6. The lowest BCUT2D eigenvalue weighted by Crippen LogP contribution is -2.27. The van der Waals surface area contributed by atoms with E-state index in [2.05, 4.69) is 0 Å². The van der Waals surface area contributed by atoms with E-state index in [9.17, 15) is 9.59 Å². The number of carbonyl (C=O) groups is 2. The number of carbonyl (C=O) groups excluding carboxylic acids is 1. The Morgan fingerprint density at radius 1 is 1.29 bits per heavy atom. The summed E-state index contributed by atoms with van der Waals surface area (Å²) in [6, 6.07) is 8.25. The molecule has 0 saturated carbocycles. The van der Waals surface area contributed by atoms with Gasteiger partial charge in [-0.3, -0.25) is 9.59 Å². The number of benzene rings is 1. The Kier molecular flexibility index (Phi) is 3.48. The number of aliphatic carboxylic acids is 1. The van der Waals surface area contributed by atoms with E-state index >= 15 is 0 Å². The SMILES string of the molecule is O=C(O)CN(Cl)C(=O)c1ccccc1. The largest absolute Gasteiger partial charge is 0.480 e. The highest BCUT2D eigenvalue weighted by atomic mass is 35.5. The third-order valence-electron chi connectivity index (χ3n) is 1.52. The molecule has 0 fully saturated rings. The fourth-order valence-electron chi connectivity index (χ4n) is 0.911. The lowest BCUT2D eigenvalue weighted by atomic mass is 10.2. The molecule has 1 amide bonds. The molecule has 74 valence electrons. The summed E-state index contributed by atoms with van der Waals surface area (Å²) >= 11 is 5.46. The summed E-state index contributed by atoms with van der Waals surface area (Å²) in [5.41, 5.74) is 0.365. The molecule has 0 heterocycles. The Bertz CT molecular complexity index is 339. The molecule has 1 rings (SSSR count). The molecule has 0 aliphatic rings. The van der Waals surface area contributed by atoms with Gasteiger partial charge < -0.3 is 5.11 Å². The number of carboxylic acids is 1. The van der Waals surface area contributed by atoms with Crippen LogP contribution in [-0.4, -0.2) is 27.9 Å². The average Bonchev–Trinajstić information content (AvgIpc) is 2.17. The van der Waals surface area contributed by atoms with Gasteiger partial charge in [-0.05, 0) is 12.1 Å². The van der Waals surface area contributed by atoms with E-state index in [1.54, 1.807) is 30.3 Å². The predicted molar refractivity (Wildman–Crippen MR) is 51.0 cm³/mol. The van der Waals surface area contributed by atoms with Crippen molar-refractivity contribution >= 4 is 23.7 Å². The van der Waals surface area contributed by atoms with Crippen LogP contribution in [0.2, 0.25) is 0 Å². The number of rotatable bonds is 3. The summed E-state index contributed by atoms with van der Waals surface area (Å²) in [6.07, 6.45) is 0. The third-order valence-corrected chi connectivity index (χ3v) is 1.79. The second-order valence-electron chi connectivity index (χ2n) is 2.59. The molecule has 1 aromatic carbocycles. The van der Waals surface area contributed by atoms with Gasteiger partial charge in [0.15, 0.2) is 0 Å². The van der Waals surface area contributed by atoms with Crippen LogP contribution >= 0.6 is 11.8 Å². The van der Waals surface area contributed by atoms with Crippen LogP contribution in [0.15, 0.2) is 30.3 Å². The minimum Gasteiger partial charge on any atom is -0.480 e. The van der Waals surface area contributed by atoms with Crippen LogP contribution in [0, 0.1) is 0 Å². The fraction of sp³-hybridized carbons (Fsp3) is 0.111. The van der Waals surface area contributed by atoms with Crippen molar-refractivity contribution in [1.82, 2.24) is 4.42 Å². The average molecular weight is 214 g/mol. The molecule has 0 bridgehead atoms. The number of carboxylic acid groups (broad SMARTS) is 1. The van der Waals surface area contributed by atoms with Gasteiger partial charge >= 0.3 is 5.97 Å². The van der Waals surface area contributed by atoms with Gasteiger partial charge in [-0.15, -0.1) is 0 Å². The normalized spacial score (nSPS) is 9.50. The number of halogens is 1. The zero-order valence-corrected chi connectivity index (χ0v) is 7.94. The van der Waals surface area contributed by atoms with Gasteiger partial charge in [0.05, 0.1) is 0 Å². The first kappa shape index (κ1) is 10.5. The molecule has 0 spiro atoms. The molecule has 0 radical (unpaired) electrons. The quantitative estimate of drug-likeness (QED) is 0.772. The maximum Gasteiger partial charge on any atom is 0.324 e. The van der Waals surface area contributed by atoms with Gasteiger partial charge in [-0.25, -0.2) is 4.42 Å². The van der Waals surface area contributed by atoms with Crippen LogP contribution < -0.4 is 0 Å². The van der Waals surface area contributed by atoms with Gasteiger partial charge in [0.25, 0.3) is 5.91 Å². The molecule has 0 saturated heterocycles. The van der Waals surface area contributed by atoms with Gasteiger partial charge in [-0.1, -0.05) is 18.2 Å². The van der Waals surface area contributed by atoms with Gasteiger partial charge in [0, 0.05) is 17.3 Å². The molecule has 5 heteroatoms. The van der Waals surface area contributed by atoms with E-state index in [0.29, 0.717) is 9.98 Å². The number of nitrogens with zero attached hydrogens (tertiary/aromatic N) is 1. The summed E-state index contributed by atoms with van der Waals surface area (Å²) < 4.78 is 0.637. The highest BCUT2D eigenvalue weighted by Crippen LogP contribution is 2.06. The number of amides is 1. The Labute approximate surface area is 85.8 Å². The van der Waals surface area contributed by atoms with E-state index in [0.717, 1.165) is 0 Å². The van der Waals surface area contributed by atoms with Crippen LogP contribution in [0.4, 0.5) is 0 Å². The number of hydrogen-bond acceptors (Lipinski definition) is 2. The summed E-state index contributed by atoms with van der Waals surface area (Å²) in [5, 5.41) is 8.40. The van der Waals surface area contributed by atoms with Crippen LogP contribution in [0.1, 0.15) is 10.4 Å². The fourth-order valence-corrected chi connectivity index (χ4v) is 1.11. The molecule has 1 aromatic rings. The highest BCUT2D eigenvalue weighted by Gasteiger charge is 2.15. The summed E-state index contributed by atoms with van der Waals surface area (Å²) in [6.45, 7) is -0.519. The van der Waals surface area contributed by atoms with Crippen molar-refractivity contribution in [3.63, 3.8) is 0 Å². The Hall–Kier alpha value is -1.55. The molecule has 0 aliphatic heterocycles. The van der Waals surface area contributed by atoms with Crippen LogP contribution in [0.3, 0.4) is 0 Å². The standard InChI is InChI=1S/C9H8ClNO3/c10-11(6-8(12)13)9(14)7-4-2-1-3-5-7/h1-5H,6H2,(H,12,13). The predicted octanol–water partition coefficient (Wildman–Crippen LogP) is 1.37. The molecule has 14 heavy (non-hydrogen) atoms.